The monoisotopic (exact) mass is 420 g/mol. The van der Waals surface area contributed by atoms with Crippen LogP contribution in [0.1, 0.15) is 45.4 Å². The van der Waals surface area contributed by atoms with Crippen LogP contribution < -0.4 is 5.32 Å². The average Bonchev–Trinajstić information content (AvgIpc) is 3.12. The number of nitrogens with one attached hydrogen (secondary N) is 1. The Morgan fingerprint density at radius 1 is 1.39 bits per heavy atom. The van der Waals surface area contributed by atoms with Gasteiger partial charge in [0.25, 0.3) is 0 Å². The minimum absolute atomic E-state index is 0.133. The summed E-state index contributed by atoms with van der Waals surface area (Å²) in [6, 6.07) is 6.01. The van der Waals surface area contributed by atoms with Crippen LogP contribution in [0.25, 0.3) is 0 Å². The van der Waals surface area contributed by atoms with Gasteiger partial charge in [-0.25, -0.2) is 9.59 Å². The maximum absolute atomic E-state index is 12.4. The van der Waals surface area contributed by atoms with Gasteiger partial charge in [0, 0.05) is 16.3 Å². The van der Waals surface area contributed by atoms with Crippen molar-refractivity contribution < 1.29 is 19.1 Å². The van der Waals surface area contributed by atoms with Gasteiger partial charge in [0.2, 0.25) is 0 Å². The Kier molecular flexibility index (Phi) is 7.33. The van der Waals surface area contributed by atoms with Crippen molar-refractivity contribution in [1.82, 2.24) is 5.32 Å². The lowest BCUT2D eigenvalue weighted by Crippen LogP contribution is -2.32. The summed E-state index contributed by atoms with van der Waals surface area (Å²) in [4.78, 5) is 25.5. The van der Waals surface area contributed by atoms with E-state index in [1.165, 1.54) is 11.3 Å². The number of nitrogens with zero attached hydrogens (tertiary/aromatic N) is 1. The number of thiophene rings is 1. The zero-order valence-corrected chi connectivity index (χ0v) is 18.3. The lowest BCUT2D eigenvalue weighted by molar-refractivity contribution is -0.139. The molecule has 1 unspecified atom stereocenters. The van der Waals surface area contributed by atoms with Gasteiger partial charge in [-0.3, -0.25) is 0 Å². The van der Waals surface area contributed by atoms with Crippen LogP contribution in [-0.4, -0.2) is 29.2 Å². The Hall–Kier alpha value is -2.24. The van der Waals surface area contributed by atoms with Crippen molar-refractivity contribution in [3.05, 3.63) is 44.9 Å². The molecule has 0 aliphatic carbocycles. The molecule has 1 aromatic rings. The molecule has 0 aromatic carbocycles. The summed E-state index contributed by atoms with van der Waals surface area (Å²) in [6.45, 7) is 9.25. The molecule has 0 radical (unpaired) electrons. The SMILES string of the molecule is CCOC(=O)C1=C(C#N)C(c2cccs2)C(C)=C(CSC(=O)OC(C)(C)C)N1. The number of hydrogen-bond donors (Lipinski definition) is 1. The average molecular weight is 421 g/mol. The van der Waals surface area contributed by atoms with Crippen molar-refractivity contribution in [1.29, 1.82) is 5.26 Å². The molecule has 1 N–H and O–H groups in total. The molecule has 1 aromatic heterocycles. The fraction of sp³-hybridized carbons (Fsp3) is 0.450. The first-order valence-electron chi connectivity index (χ1n) is 8.85. The quantitative estimate of drug-likeness (QED) is 0.690. The third-order valence-corrected chi connectivity index (χ3v) is 5.58. The molecule has 8 heteroatoms. The molecule has 150 valence electrons. The number of carbonyl (C=O) groups is 2. The Bertz CT molecular complexity index is 843. The number of carbonyl (C=O) groups excluding carboxylic acids is 2. The van der Waals surface area contributed by atoms with Gasteiger partial charge in [-0.15, -0.1) is 11.3 Å². The van der Waals surface area contributed by atoms with E-state index in [-0.39, 0.29) is 18.2 Å². The normalized spacial score (nSPS) is 17.1. The molecular weight excluding hydrogens is 396 g/mol. The molecule has 0 amide bonds. The zero-order valence-electron chi connectivity index (χ0n) is 16.6. The first kappa shape index (κ1) is 22.1. The number of hydrogen-bond acceptors (Lipinski definition) is 8. The summed E-state index contributed by atoms with van der Waals surface area (Å²) < 4.78 is 10.5. The van der Waals surface area contributed by atoms with Crippen molar-refractivity contribution in [3.8, 4) is 6.07 Å². The predicted molar refractivity (Wildman–Crippen MR) is 111 cm³/mol. The number of nitriles is 1. The fourth-order valence-electron chi connectivity index (χ4n) is 2.71. The van der Waals surface area contributed by atoms with E-state index in [0.717, 1.165) is 22.2 Å². The van der Waals surface area contributed by atoms with E-state index in [1.54, 1.807) is 6.92 Å². The Morgan fingerprint density at radius 2 is 2.11 bits per heavy atom. The fourth-order valence-corrected chi connectivity index (χ4v) is 4.48. The van der Waals surface area contributed by atoms with Crippen LogP contribution in [0.5, 0.6) is 0 Å². The third-order valence-electron chi connectivity index (χ3n) is 3.89. The predicted octanol–water partition coefficient (Wildman–Crippen LogP) is 4.72. The number of rotatable bonds is 5. The standard InChI is InChI=1S/C20H24N2O4S2/c1-6-25-18(23)17-13(10-21)16(15-8-7-9-27-15)12(2)14(22-17)11-28-19(24)26-20(3,4)5/h7-9,16,22H,6,11H2,1-5H3. The Balaban J connectivity index is 2.35. The van der Waals surface area contributed by atoms with Crippen molar-refractivity contribution in [2.75, 3.05) is 12.4 Å². The molecular formula is C20H24N2O4S2. The molecule has 1 aliphatic heterocycles. The highest BCUT2D eigenvalue weighted by molar-refractivity contribution is 8.13. The maximum Gasteiger partial charge on any atom is 0.368 e. The van der Waals surface area contributed by atoms with Gasteiger partial charge in [0.15, 0.2) is 0 Å². The number of dihydropyridines is 1. The van der Waals surface area contributed by atoms with E-state index in [1.807, 2.05) is 45.2 Å². The third kappa shape index (κ3) is 5.40. The molecule has 1 aliphatic rings. The Labute approximate surface area is 173 Å². The van der Waals surface area contributed by atoms with Crippen LogP contribution in [0, 0.1) is 11.3 Å². The van der Waals surface area contributed by atoms with Crippen LogP contribution in [0.15, 0.2) is 40.1 Å². The molecule has 0 fully saturated rings. The highest BCUT2D eigenvalue weighted by atomic mass is 32.2. The van der Waals surface area contributed by atoms with Crippen molar-refractivity contribution in [2.45, 2.75) is 46.1 Å². The minimum atomic E-state index is -0.576. The molecule has 0 spiro atoms. The van der Waals surface area contributed by atoms with Gasteiger partial charge in [-0.1, -0.05) is 6.07 Å². The molecule has 1 atom stereocenters. The van der Waals surface area contributed by atoms with E-state index in [0.29, 0.717) is 17.0 Å². The summed E-state index contributed by atoms with van der Waals surface area (Å²) in [7, 11) is 0. The Morgan fingerprint density at radius 3 is 2.64 bits per heavy atom. The molecule has 2 heterocycles. The first-order valence-corrected chi connectivity index (χ1v) is 10.7. The van der Waals surface area contributed by atoms with E-state index in [9.17, 15) is 14.9 Å². The molecule has 28 heavy (non-hydrogen) atoms. The zero-order chi connectivity index (χ0) is 20.9. The summed E-state index contributed by atoms with van der Waals surface area (Å²) in [5, 5.41) is 14.3. The second kappa shape index (κ2) is 9.30. The number of esters is 1. The van der Waals surface area contributed by atoms with Crippen LogP contribution in [0.2, 0.25) is 0 Å². The van der Waals surface area contributed by atoms with E-state index in [2.05, 4.69) is 11.4 Å². The van der Waals surface area contributed by atoms with Gasteiger partial charge in [0.1, 0.15) is 11.3 Å². The van der Waals surface area contributed by atoms with E-state index in [4.69, 9.17) is 9.47 Å². The highest BCUT2D eigenvalue weighted by Gasteiger charge is 2.33. The summed E-state index contributed by atoms with van der Waals surface area (Å²) in [5.74, 6) is -0.627. The van der Waals surface area contributed by atoms with Gasteiger partial charge in [-0.2, -0.15) is 5.26 Å². The van der Waals surface area contributed by atoms with Gasteiger partial charge in [-0.05, 0) is 63.4 Å². The van der Waals surface area contributed by atoms with Gasteiger partial charge >= 0.3 is 11.3 Å². The summed E-state index contributed by atoms with van der Waals surface area (Å²) in [6.07, 6.45) is 0. The maximum atomic E-state index is 12.4. The molecule has 0 bridgehead atoms. The van der Waals surface area contributed by atoms with Crippen LogP contribution >= 0.6 is 23.1 Å². The second-order valence-electron chi connectivity index (χ2n) is 7.11. The van der Waals surface area contributed by atoms with Gasteiger partial charge in [0.05, 0.1) is 24.2 Å². The topological polar surface area (TPSA) is 88.4 Å². The van der Waals surface area contributed by atoms with Crippen LogP contribution in [0.4, 0.5) is 4.79 Å². The van der Waals surface area contributed by atoms with Crippen molar-refractivity contribution in [3.63, 3.8) is 0 Å². The molecule has 2 rings (SSSR count). The second-order valence-corrected chi connectivity index (χ2v) is 9.00. The molecule has 0 saturated heterocycles. The smallest absolute Gasteiger partial charge is 0.368 e. The molecule has 6 nitrogen and oxygen atoms in total. The minimum Gasteiger partial charge on any atom is -0.461 e. The highest BCUT2D eigenvalue weighted by Crippen LogP contribution is 2.40. The lowest BCUT2D eigenvalue weighted by Gasteiger charge is -2.28. The van der Waals surface area contributed by atoms with Crippen molar-refractivity contribution >= 4 is 34.4 Å². The summed E-state index contributed by atoms with van der Waals surface area (Å²) in [5.41, 5.74) is 1.48. The van der Waals surface area contributed by atoms with Gasteiger partial charge < -0.3 is 14.8 Å². The first-order chi connectivity index (χ1) is 13.2. The number of ether oxygens (including phenoxy) is 2. The van der Waals surface area contributed by atoms with E-state index < -0.39 is 16.9 Å². The number of thioether (sulfide) groups is 1. The summed E-state index contributed by atoms with van der Waals surface area (Å²) >= 11 is 2.53. The molecule has 0 saturated carbocycles. The van der Waals surface area contributed by atoms with Crippen LogP contribution in [-0.2, 0) is 14.3 Å². The largest absolute Gasteiger partial charge is 0.461 e. The van der Waals surface area contributed by atoms with Crippen LogP contribution in [0.3, 0.4) is 0 Å². The number of allylic oxidation sites excluding steroid dienone is 2. The van der Waals surface area contributed by atoms with Crippen molar-refractivity contribution in [2.24, 2.45) is 0 Å². The van der Waals surface area contributed by atoms with E-state index >= 15 is 0 Å². The lowest BCUT2D eigenvalue weighted by atomic mass is 9.86.